The molecule has 0 spiro atoms. The monoisotopic (exact) mass is 317 g/mol. The molecule has 7 heteroatoms. The summed E-state index contributed by atoms with van der Waals surface area (Å²) < 4.78 is 29.0. The van der Waals surface area contributed by atoms with Crippen LogP contribution in [0.3, 0.4) is 0 Å². The Kier molecular flexibility index (Phi) is 5.24. The number of likely N-dealkylation sites (tertiary alicyclic amines) is 1. The lowest BCUT2D eigenvalue weighted by Gasteiger charge is -2.34. The van der Waals surface area contributed by atoms with Crippen LogP contribution >= 0.6 is 0 Å². The third kappa shape index (κ3) is 3.75. The molecule has 21 heavy (non-hydrogen) atoms. The predicted molar refractivity (Wildman–Crippen MR) is 77.4 cm³/mol. The molecule has 2 fully saturated rings. The fourth-order valence-electron chi connectivity index (χ4n) is 3.03. The van der Waals surface area contributed by atoms with Gasteiger partial charge in [-0.1, -0.05) is 6.42 Å². The number of esters is 1. The van der Waals surface area contributed by atoms with E-state index in [1.54, 1.807) is 11.8 Å². The molecule has 1 amide bonds. The highest BCUT2D eigenvalue weighted by Crippen LogP contribution is 2.25. The largest absolute Gasteiger partial charge is 0.466 e. The normalized spacial score (nSPS) is 26.3. The summed E-state index contributed by atoms with van der Waals surface area (Å²) in [6, 6.07) is 0. The first-order valence-corrected chi connectivity index (χ1v) is 9.34. The van der Waals surface area contributed by atoms with Crippen LogP contribution in [0.1, 0.15) is 39.0 Å². The molecule has 0 aromatic rings. The molecule has 0 N–H and O–H groups in total. The number of hydrogen-bond donors (Lipinski definition) is 0. The van der Waals surface area contributed by atoms with E-state index in [0.29, 0.717) is 45.4 Å². The van der Waals surface area contributed by atoms with Crippen molar-refractivity contribution >= 4 is 21.7 Å². The minimum atomic E-state index is -3.29. The molecule has 0 bridgehead atoms. The molecule has 0 aromatic carbocycles. The van der Waals surface area contributed by atoms with Gasteiger partial charge in [-0.15, -0.1) is 0 Å². The van der Waals surface area contributed by atoms with Gasteiger partial charge < -0.3 is 9.64 Å². The summed E-state index contributed by atoms with van der Waals surface area (Å²) in [4.78, 5) is 25.7. The Morgan fingerprint density at radius 3 is 2.38 bits per heavy atom. The Morgan fingerprint density at radius 2 is 1.81 bits per heavy atom. The average Bonchev–Trinajstić information content (AvgIpc) is 2.46. The molecule has 2 saturated heterocycles. The fraction of sp³-hybridized carbons (Fsp3) is 0.857. The molecule has 120 valence electrons. The number of hydrogen-bond acceptors (Lipinski definition) is 5. The maximum atomic E-state index is 12.4. The molecular weight excluding hydrogens is 294 g/mol. The Balaban J connectivity index is 1.92. The Morgan fingerprint density at radius 1 is 1.14 bits per heavy atom. The van der Waals surface area contributed by atoms with Gasteiger partial charge in [0.05, 0.1) is 18.3 Å². The van der Waals surface area contributed by atoms with E-state index in [0.717, 1.165) is 6.42 Å². The lowest BCUT2D eigenvalue weighted by Crippen LogP contribution is -2.48. The highest BCUT2D eigenvalue weighted by Gasteiger charge is 2.39. The van der Waals surface area contributed by atoms with Crippen LogP contribution < -0.4 is 0 Å². The molecule has 0 aromatic heterocycles. The van der Waals surface area contributed by atoms with Gasteiger partial charge in [0, 0.05) is 13.1 Å². The van der Waals surface area contributed by atoms with E-state index in [9.17, 15) is 18.0 Å². The van der Waals surface area contributed by atoms with Crippen molar-refractivity contribution in [2.24, 2.45) is 5.92 Å². The van der Waals surface area contributed by atoms with Crippen molar-refractivity contribution < 1.29 is 22.7 Å². The Hall–Kier alpha value is -1.11. The third-order valence-electron chi connectivity index (χ3n) is 4.28. The number of ether oxygens (including phenoxy) is 1. The summed E-state index contributed by atoms with van der Waals surface area (Å²) in [5.74, 6) is -0.549. The van der Waals surface area contributed by atoms with Crippen LogP contribution in [0, 0.1) is 5.92 Å². The van der Waals surface area contributed by atoms with Crippen LogP contribution in [0.4, 0.5) is 0 Å². The first-order valence-electron chi connectivity index (χ1n) is 7.62. The molecule has 2 aliphatic heterocycles. The van der Waals surface area contributed by atoms with Gasteiger partial charge in [-0.05, 0) is 32.6 Å². The average molecular weight is 317 g/mol. The van der Waals surface area contributed by atoms with Crippen LogP contribution in [0.5, 0.6) is 0 Å². The summed E-state index contributed by atoms with van der Waals surface area (Å²) in [7, 11) is -3.29. The minimum Gasteiger partial charge on any atom is -0.466 e. The van der Waals surface area contributed by atoms with Gasteiger partial charge >= 0.3 is 5.97 Å². The number of amides is 1. The molecular formula is C14H23NO5S. The SMILES string of the molecule is CCOC(=O)C1CCN(C(=O)C2CCCCS2(=O)=O)CC1. The second-order valence-electron chi connectivity index (χ2n) is 5.70. The van der Waals surface area contributed by atoms with E-state index >= 15 is 0 Å². The number of carbonyl (C=O) groups excluding carboxylic acids is 2. The molecule has 2 rings (SSSR count). The Bertz CT molecular complexity index is 493. The van der Waals surface area contributed by atoms with Crippen molar-refractivity contribution in [3.8, 4) is 0 Å². The molecule has 2 heterocycles. The van der Waals surface area contributed by atoms with E-state index in [-0.39, 0.29) is 23.5 Å². The van der Waals surface area contributed by atoms with E-state index in [2.05, 4.69) is 0 Å². The molecule has 0 radical (unpaired) electrons. The summed E-state index contributed by atoms with van der Waals surface area (Å²) in [6.07, 6.45) is 2.97. The van der Waals surface area contributed by atoms with Gasteiger partial charge in [-0.3, -0.25) is 9.59 Å². The van der Waals surface area contributed by atoms with Gasteiger partial charge in [0.2, 0.25) is 5.91 Å². The van der Waals surface area contributed by atoms with E-state index in [1.165, 1.54) is 0 Å². The summed E-state index contributed by atoms with van der Waals surface area (Å²) in [6.45, 7) is 3.01. The summed E-state index contributed by atoms with van der Waals surface area (Å²) in [5, 5.41) is -0.870. The van der Waals surface area contributed by atoms with E-state index < -0.39 is 15.1 Å². The van der Waals surface area contributed by atoms with Crippen molar-refractivity contribution in [2.75, 3.05) is 25.4 Å². The highest BCUT2D eigenvalue weighted by atomic mass is 32.2. The number of nitrogens with zero attached hydrogens (tertiary/aromatic N) is 1. The van der Waals surface area contributed by atoms with Crippen LogP contribution in [-0.4, -0.2) is 55.9 Å². The summed E-state index contributed by atoms with van der Waals surface area (Å²) >= 11 is 0. The zero-order chi connectivity index (χ0) is 15.5. The second kappa shape index (κ2) is 6.77. The standard InChI is InChI=1S/C14H23NO5S/c1-2-20-14(17)11-6-8-15(9-7-11)13(16)12-5-3-4-10-21(12,18)19/h11-12H,2-10H2,1H3. The Labute approximate surface area is 125 Å². The molecule has 0 aliphatic carbocycles. The van der Waals surface area contributed by atoms with Crippen LogP contribution in [0.25, 0.3) is 0 Å². The van der Waals surface area contributed by atoms with E-state index in [1.807, 2.05) is 0 Å². The lowest BCUT2D eigenvalue weighted by atomic mass is 9.96. The van der Waals surface area contributed by atoms with Crippen molar-refractivity contribution in [1.82, 2.24) is 4.90 Å². The predicted octanol–water partition coefficient (Wildman–Crippen LogP) is 0.755. The number of rotatable bonds is 3. The van der Waals surface area contributed by atoms with Crippen molar-refractivity contribution in [3.63, 3.8) is 0 Å². The van der Waals surface area contributed by atoms with Gasteiger partial charge in [0.25, 0.3) is 0 Å². The van der Waals surface area contributed by atoms with Gasteiger partial charge in [-0.2, -0.15) is 0 Å². The number of sulfone groups is 1. The first kappa shape index (κ1) is 16.3. The van der Waals surface area contributed by atoms with Crippen LogP contribution in [-0.2, 0) is 24.2 Å². The minimum absolute atomic E-state index is 0.114. The smallest absolute Gasteiger partial charge is 0.309 e. The van der Waals surface area contributed by atoms with Crippen molar-refractivity contribution in [3.05, 3.63) is 0 Å². The third-order valence-corrected chi connectivity index (χ3v) is 6.44. The second-order valence-corrected chi connectivity index (χ2v) is 8.01. The zero-order valence-electron chi connectivity index (χ0n) is 12.4. The maximum Gasteiger partial charge on any atom is 0.309 e. The van der Waals surface area contributed by atoms with Gasteiger partial charge in [0.1, 0.15) is 5.25 Å². The molecule has 0 saturated carbocycles. The van der Waals surface area contributed by atoms with Crippen molar-refractivity contribution in [2.45, 2.75) is 44.3 Å². The quantitative estimate of drug-likeness (QED) is 0.718. The topological polar surface area (TPSA) is 80.8 Å². The van der Waals surface area contributed by atoms with Crippen LogP contribution in [0.2, 0.25) is 0 Å². The molecule has 1 atom stereocenters. The molecule has 2 aliphatic rings. The van der Waals surface area contributed by atoms with Gasteiger partial charge in [0.15, 0.2) is 9.84 Å². The first-order chi connectivity index (χ1) is 9.95. The van der Waals surface area contributed by atoms with Crippen molar-refractivity contribution in [1.29, 1.82) is 0 Å². The number of carbonyl (C=O) groups is 2. The number of piperidine rings is 1. The molecule has 6 nitrogen and oxygen atoms in total. The van der Waals surface area contributed by atoms with Gasteiger partial charge in [-0.25, -0.2) is 8.42 Å². The maximum absolute atomic E-state index is 12.4. The fourth-order valence-corrected chi connectivity index (χ4v) is 4.90. The zero-order valence-corrected chi connectivity index (χ0v) is 13.2. The molecule has 1 unspecified atom stereocenters. The lowest BCUT2D eigenvalue weighted by molar-refractivity contribution is -0.151. The highest BCUT2D eigenvalue weighted by molar-refractivity contribution is 7.92. The van der Waals surface area contributed by atoms with E-state index in [4.69, 9.17) is 4.74 Å². The summed E-state index contributed by atoms with van der Waals surface area (Å²) in [5.41, 5.74) is 0. The van der Waals surface area contributed by atoms with Crippen LogP contribution in [0.15, 0.2) is 0 Å².